The van der Waals surface area contributed by atoms with Crippen LogP contribution >= 0.6 is 11.6 Å². The molecule has 80 valence electrons. The molecule has 6 heteroatoms. The highest BCUT2D eigenvalue weighted by molar-refractivity contribution is 6.29. The number of Topliss-reactive ketones (excluding diaryl/α,β-unsaturated/α-hetero) is 1. The van der Waals surface area contributed by atoms with Crippen LogP contribution in [0.1, 0.15) is 16.8 Å². The molecule has 1 N–H and O–H groups in total. The number of rotatable bonds is 4. The molecule has 1 heterocycles. The average Bonchev–Trinajstić information content (AvgIpc) is 2.15. The van der Waals surface area contributed by atoms with Crippen molar-refractivity contribution in [2.45, 2.75) is 6.42 Å². The van der Waals surface area contributed by atoms with E-state index in [0.717, 1.165) is 0 Å². The van der Waals surface area contributed by atoms with Crippen LogP contribution in [-0.4, -0.2) is 29.0 Å². The molecule has 0 aliphatic rings. The van der Waals surface area contributed by atoms with Gasteiger partial charge in [-0.15, -0.1) is 0 Å². The van der Waals surface area contributed by atoms with E-state index in [1.165, 1.54) is 19.2 Å². The van der Waals surface area contributed by atoms with Crippen LogP contribution < -0.4 is 4.74 Å². The zero-order chi connectivity index (χ0) is 11.4. The molecule has 0 aliphatic heterocycles. The summed E-state index contributed by atoms with van der Waals surface area (Å²) in [5, 5.41) is 8.53. The molecule has 0 saturated carbocycles. The summed E-state index contributed by atoms with van der Waals surface area (Å²) in [6.45, 7) is 0. The quantitative estimate of drug-likeness (QED) is 0.480. The fraction of sp³-hybridized carbons (Fsp3) is 0.222. The summed E-state index contributed by atoms with van der Waals surface area (Å²) in [6.07, 6.45) is -0.580. The Labute approximate surface area is 90.6 Å². The predicted molar refractivity (Wildman–Crippen MR) is 52.4 cm³/mol. The number of carbonyl (C=O) groups is 2. The molecule has 0 fully saturated rings. The van der Waals surface area contributed by atoms with Crippen LogP contribution in [0.25, 0.3) is 0 Å². The highest BCUT2D eigenvalue weighted by Gasteiger charge is 2.13. The molecule has 0 aromatic carbocycles. The summed E-state index contributed by atoms with van der Waals surface area (Å²) in [4.78, 5) is 25.4. The minimum absolute atomic E-state index is 0.0862. The Morgan fingerprint density at radius 2 is 2.20 bits per heavy atom. The number of carboxylic acids is 1. The second kappa shape index (κ2) is 4.75. The van der Waals surface area contributed by atoms with Gasteiger partial charge in [-0.3, -0.25) is 9.59 Å². The molecule has 0 spiro atoms. The molecule has 0 bridgehead atoms. The number of carboxylic acid groups (broad SMARTS) is 1. The molecule has 0 amide bonds. The number of aromatic nitrogens is 1. The predicted octanol–water partition coefficient (Wildman–Crippen LogP) is 1.40. The zero-order valence-corrected chi connectivity index (χ0v) is 8.61. The van der Waals surface area contributed by atoms with Crippen molar-refractivity contribution < 1.29 is 19.4 Å². The van der Waals surface area contributed by atoms with Gasteiger partial charge in [0.1, 0.15) is 11.6 Å². The van der Waals surface area contributed by atoms with Crippen LogP contribution in [0, 0.1) is 0 Å². The van der Waals surface area contributed by atoms with E-state index in [-0.39, 0.29) is 16.6 Å². The summed E-state index contributed by atoms with van der Waals surface area (Å²) in [7, 11) is 1.38. The molecule has 0 atom stereocenters. The Balaban J connectivity index is 2.98. The molecule has 5 nitrogen and oxygen atoms in total. The molecule has 0 unspecified atom stereocenters. The largest absolute Gasteiger partial charge is 0.481 e. The highest BCUT2D eigenvalue weighted by atomic mass is 35.5. The average molecular weight is 230 g/mol. The molecular weight excluding hydrogens is 222 g/mol. The number of hydrogen-bond acceptors (Lipinski definition) is 4. The fourth-order valence-corrected chi connectivity index (χ4v) is 1.18. The van der Waals surface area contributed by atoms with E-state index in [2.05, 4.69) is 4.98 Å². The van der Waals surface area contributed by atoms with Crippen LogP contribution in [-0.2, 0) is 4.79 Å². The normalized spacial score (nSPS) is 9.73. The number of carbonyl (C=O) groups excluding carboxylic acids is 1. The van der Waals surface area contributed by atoms with Crippen LogP contribution in [0.4, 0.5) is 0 Å². The van der Waals surface area contributed by atoms with Gasteiger partial charge >= 0.3 is 5.97 Å². The maximum atomic E-state index is 11.4. The SMILES string of the molecule is COc1cc(C(=O)CC(=O)O)cc(Cl)n1. The Hall–Kier alpha value is -1.62. The van der Waals surface area contributed by atoms with E-state index in [1.54, 1.807) is 0 Å². The molecule has 0 saturated heterocycles. The van der Waals surface area contributed by atoms with Gasteiger partial charge < -0.3 is 9.84 Å². The van der Waals surface area contributed by atoms with E-state index in [1.807, 2.05) is 0 Å². The van der Waals surface area contributed by atoms with Gasteiger partial charge in [0.2, 0.25) is 5.88 Å². The maximum absolute atomic E-state index is 11.4. The molecule has 1 aromatic rings. The van der Waals surface area contributed by atoms with Gasteiger partial charge in [0.25, 0.3) is 0 Å². The van der Waals surface area contributed by atoms with E-state index in [4.69, 9.17) is 21.4 Å². The third-order valence-corrected chi connectivity index (χ3v) is 1.81. The number of ether oxygens (including phenoxy) is 1. The summed E-state index contributed by atoms with van der Waals surface area (Å²) >= 11 is 5.62. The topological polar surface area (TPSA) is 76.5 Å². The summed E-state index contributed by atoms with van der Waals surface area (Å²) in [5.41, 5.74) is 0.175. The van der Waals surface area contributed by atoms with Gasteiger partial charge in [-0.25, -0.2) is 4.98 Å². The zero-order valence-electron chi connectivity index (χ0n) is 7.86. The molecule has 15 heavy (non-hydrogen) atoms. The standard InChI is InChI=1S/C9H8ClNO4/c1-15-8-3-5(2-7(10)11-8)6(12)4-9(13)14/h2-3H,4H2,1H3,(H,13,14). The summed E-state index contributed by atoms with van der Waals surface area (Å²) < 4.78 is 4.80. The highest BCUT2D eigenvalue weighted by Crippen LogP contribution is 2.17. The third-order valence-electron chi connectivity index (χ3n) is 1.61. The third kappa shape index (κ3) is 3.21. The van der Waals surface area contributed by atoms with Crippen molar-refractivity contribution in [3.63, 3.8) is 0 Å². The van der Waals surface area contributed by atoms with E-state index >= 15 is 0 Å². The van der Waals surface area contributed by atoms with Crippen LogP contribution in [0.15, 0.2) is 12.1 Å². The minimum Gasteiger partial charge on any atom is -0.481 e. The first-order valence-corrected chi connectivity index (χ1v) is 4.37. The number of ketones is 1. The number of nitrogens with zero attached hydrogens (tertiary/aromatic N) is 1. The van der Waals surface area contributed by atoms with Crippen molar-refractivity contribution in [2.24, 2.45) is 0 Å². The van der Waals surface area contributed by atoms with E-state index < -0.39 is 18.2 Å². The van der Waals surface area contributed by atoms with Gasteiger partial charge in [0.15, 0.2) is 5.78 Å². The fourth-order valence-electron chi connectivity index (χ4n) is 0.978. The molecule has 0 aliphatic carbocycles. The molecule has 1 aromatic heterocycles. The van der Waals surface area contributed by atoms with Crippen molar-refractivity contribution in [2.75, 3.05) is 7.11 Å². The van der Waals surface area contributed by atoms with Crippen molar-refractivity contribution in [3.8, 4) is 5.88 Å². The molecule has 1 rings (SSSR count). The second-order valence-corrected chi connectivity index (χ2v) is 3.10. The Morgan fingerprint density at radius 1 is 1.53 bits per heavy atom. The second-order valence-electron chi connectivity index (χ2n) is 2.71. The number of halogens is 1. The van der Waals surface area contributed by atoms with Crippen LogP contribution in [0.2, 0.25) is 5.15 Å². The maximum Gasteiger partial charge on any atom is 0.311 e. The molecule has 0 radical (unpaired) electrons. The Kier molecular flexibility index (Phi) is 3.62. The smallest absolute Gasteiger partial charge is 0.311 e. The van der Waals surface area contributed by atoms with Gasteiger partial charge in [-0.2, -0.15) is 0 Å². The lowest BCUT2D eigenvalue weighted by Crippen LogP contribution is -2.07. The monoisotopic (exact) mass is 229 g/mol. The lowest BCUT2D eigenvalue weighted by atomic mass is 10.1. The van der Waals surface area contributed by atoms with Crippen molar-refractivity contribution in [3.05, 3.63) is 22.8 Å². The number of pyridine rings is 1. The Bertz CT molecular complexity index is 405. The van der Waals surface area contributed by atoms with Crippen molar-refractivity contribution in [1.29, 1.82) is 0 Å². The number of hydrogen-bond donors (Lipinski definition) is 1. The van der Waals surface area contributed by atoms with E-state index in [0.29, 0.717) is 0 Å². The summed E-state index contributed by atoms with van der Waals surface area (Å²) in [5.74, 6) is -1.55. The lowest BCUT2D eigenvalue weighted by molar-refractivity contribution is -0.135. The first-order valence-electron chi connectivity index (χ1n) is 3.99. The van der Waals surface area contributed by atoms with E-state index in [9.17, 15) is 9.59 Å². The summed E-state index contributed by atoms with van der Waals surface area (Å²) in [6, 6.07) is 2.65. The molecular formula is C9H8ClNO4. The van der Waals surface area contributed by atoms with Crippen LogP contribution in [0.5, 0.6) is 5.88 Å². The first-order chi connectivity index (χ1) is 7.02. The van der Waals surface area contributed by atoms with Crippen molar-refractivity contribution >= 4 is 23.4 Å². The number of methoxy groups -OCH3 is 1. The van der Waals surface area contributed by atoms with Crippen molar-refractivity contribution in [1.82, 2.24) is 4.98 Å². The lowest BCUT2D eigenvalue weighted by Gasteiger charge is -2.02. The first kappa shape index (κ1) is 11.5. The van der Waals surface area contributed by atoms with Gasteiger partial charge in [0.05, 0.1) is 7.11 Å². The van der Waals surface area contributed by atoms with Crippen LogP contribution in [0.3, 0.4) is 0 Å². The minimum atomic E-state index is -1.19. The van der Waals surface area contributed by atoms with Gasteiger partial charge in [-0.1, -0.05) is 11.6 Å². The number of aliphatic carboxylic acids is 1. The Morgan fingerprint density at radius 3 is 2.73 bits per heavy atom. The van der Waals surface area contributed by atoms with Gasteiger partial charge in [0, 0.05) is 11.6 Å². The van der Waals surface area contributed by atoms with Gasteiger partial charge in [-0.05, 0) is 6.07 Å².